The first-order valence-electron chi connectivity index (χ1n) is 8.53. The van der Waals surface area contributed by atoms with E-state index in [2.05, 4.69) is 15.3 Å². The Labute approximate surface area is 177 Å². The third-order valence-corrected chi connectivity index (χ3v) is 4.26. The molecule has 0 saturated heterocycles. The summed E-state index contributed by atoms with van der Waals surface area (Å²) < 4.78 is 50.8. The molecule has 0 spiro atoms. The number of halogens is 3. The lowest BCUT2D eigenvalue weighted by Crippen LogP contribution is -2.03. The lowest BCUT2D eigenvalue weighted by molar-refractivity contribution is -0.386. The molecule has 0 unspecified atom stereocenters. The van der Waals surface area contributed by atoms with Crippen LogP contribution in [0.15, 0.2) is 41.5 Å². The highest BCUT2D eigenvalue weighted by Gasteiger charge is 2.18. The third-order valence-electron chi connectivity index (χ3n) is 4.00. The SMILES string of the molecule is COc1ccc(/C=N/n2c(C(F)F)n[nH]c2=S)cc1COc1cc(F)ccc1[N+](=O)[O-]. The Morgan fingerprint density at radius 1 is 1.32 bits per heavy atom. The number of benzene rings is 2. The van der Waals surface area contributed by atoms with Crippen molar-refractivity contribution in [1.82, 2.24) is 14.9 Å². The van der Waals surface area contributed by atoms with E-state index in [1.54, 1.807) is 18.2 Å². The minimum absolute atomic E-state index is 0.109. The number of ether oxygens (including phenoxy) is 2. The van der Waals surface area contributed by atoms with Crippen LogP contribution in [0.4, 0.5) is 18.9 Å². The van der Waals surface area contributed by atoms with Crippen molar-refractivity contribution in [1.29, 1.82) is 0 Å². The van der Waals surface area contributed by atoms with Crippen LogP contribution in [0.5, 0.6) is 11.5 Å². The number of aromatic nitrogens is 3. The highest BCUT2D eigenvalue weighted by atomic mass is 32.1. The van der Waals surface area contributed by atoms with E-state index in [4.69, 9.17) is 21.7 Å². The van der Waals surface area contributed by atoms with Crippen LogP contribution < -0.4 is 9.47 Å². The van der Waals surface area contributed by atoms with Gasteiger partial charge in [0.1, 0.15) is 18.2 Å². The van der Waals surface area contributed by atoms with Crippen LogP contribution in [0.2, 0.25) is 0 Å². The summed E-state index contributed by atoms with van der Waals surface area (Å²) in [5, 5.41) is 20.7. The normalized spacial score (nSPS) is 11.3. The van der Waals surface area contributed by atoms with Gasteiger partial charge in [0, 0.05) is 17.7 Å². The Hall–Kier alpha value is -3.74. The van der Waals surface area contributed by atoms with Crippen molar-refractivity contribution < 1.29 is 27.6 Å². The Balaban J connectivity index is 1.87. The standard InChI is InChI=1S/C18H14F3N5O4S/c1-29-14-5-2-10(8-22-25-17(16(20)21)23-24-18(25)31)6-11(14)9-30-15-7-12(19)3-4-13(15)26(27)28/h2-8,16H,9H2,1H3,(H,24,31)/b22-8+. The van der Waals surface area contributed by atoms with Crippen LogP contribution in [0.25, 0.3) is 0 Å². The van der Waals surface area contributed by atoms with Crippen LogP contribution in [0.1, 0.15) is 23.4 Å². The fraction of sp³-hybridized carbons (Fsp3) is 0.167. The van der Waals surface area contributed by atoms with Crippen molar-refractivity contribution in [3.8, 4) is 11.5 Å². The molecule has 0 aliphatic rings. The number of H-pyrrole nitrogens is 1. The quantitative estimate of drug-likeness (QED) is 0.235. The molecule has 0 aliphatic heterocycles. The summed E-state index contributed by atoms with van der Waals surface area (Å²) in [6.45, 7) is -0.192. The van der Waals surface area contributed by atoms with E-state index in [9.17, 15) is 23.3 Å². The van der Waals surface area contributed by atoms with Gasteiger partial charge in [-0.1, -0.05) is 0 Å². The minimum atomic E-state index is -2.88. The van der Waals surface area contributed by atoms with Gasteiger partial charge in [-0.25, -0.2) is 18.3 Å². The molecule has 162 valence electrons. The van der Waals surface area contributed by atoms with Gasteiger partial charge >= 0.3 is 5.69 Å². The molecule has 0 fully saturated rings. The molecule has 3 aromatic rings. The molecular weight excluding hydrogens is 439 g/mol. The van der Waals surface area contributed by atoms with Crippen LogP contribution in [-0.2, 0) is 6.61 Å². The van der Waals surface area contributed by atoms with Gasteiger partial charge in [0.05, 0.1) is 18.2 Å². The Morgan fingerprint density at radius 2 is 2.10 bits per heavy atom. The van der Waals surface area contributed by atoms with Gasteiger partial charge in [-0.2, -0.15) is 14.9 Å². The summed E-state index contributed by atoms with van der Waals surface area (Å²) in [5.41, 5.74) is 0.526. The average molecular weight is 453 g/mol. The van der Waals surface area contributed by atoms with Gasteiger partial charge in [0.25, 0.3) is 6.43 Å². The zero-order valence-electron chi connectivity index (χ0n) is 15.8. The minimum Gasteiger partial charge on any atom is -0.496 e. The number of hydrogen-bond acceptors (Lipinski definition) is 7. The summed E-state index contributed by atoms with van der Waals surface area (Å²) >= 11 is 4.88. The van der Waals surface area contributed by atoms with Crippen LogP contribution in [-0.4, -0.2) is 33.1 Å². The highest BCUT2D eigenvalue weighted by molar-refractivity contribution is 7.71. The Kier molecular flexibility index (Phi) is 6.65. The van der Waals surface area contributed by atoms with Crippen LogP contribution in [0, 0.1) is 20.7 Å². The zero-order chi connectivity index (χ0) is 22.5. The number of hydrogen-bond donors (Lipinski definition) is 1. The molecule has 1 heterocycles. The molecular formula is C18H14F3N5O4S. The molecule has 3 rings (SSSR count). The van der Waals surface area contributed by atoms with Crippen molar-refractivity contribution in [2.45, 2.75) is 13.0 Å². The molecule has 0 saturated carbocycles. The fourth-order valence-electron chi connectivity index (χ4n) is 2.58. The maximum absolute atomic E-state index is 13.5. The summed E-state index contributed by atoms with van der Waals surface area (Å²) in [6.07, 6.45) is -1.61. The van der Waals surface area contributed by atoms with E-state index in [0.717, 1.165) is 22.9 Å². The smallest absolute Gasteiger partial charge is 0.311 e. The first-order valence-corrected chi connectivity index (χ1v) is 8.94. The monoisotopic (exact) mass is 453 g/mol. The highest BCUT2D eigenvalue weighted by Crippen LogP contribution is 2.29. The Bertz CT molecular complexity index is 1200. The molecule has 13 heteroatoms. The van der Waals surface area contributed by atoms with Crippen LogP contribution >= 0.6 is 12.2 Å². The first kappa shape index (κ1) is 22.0. The molecule has 0 bridgehead atoms. The second-order valence-corrected chi connectivity index (χ2v) is 6.36. The van der Waals surface area contributed by atoms with Gasteiger partial charge < -0.3 is 9.47 Å². The van der Waals surface area contributed by atoms with Gasteiger partial charge in [0.15, 0.2) is 5.75 Å². The van der Waals surface area contributed by atoms with E-state index in [-0.39, 0.29) is 17.1 Å². The maximum atomic E-state index is 13.5. The molecule has 0 amide bonds. The molecule has 0 atom stereocenters. The average Bonchev–Trinajstić information content (AvgIpc) is 3.11. The van der Waals surface area contributed by atoms with Gasteiger partial charge in [-0.3, -0.25) is 10.1 Å². The van der Waals surface area contributed by atoms with Gasteiger partial charge in [-0.05, 0) is 42.0 Å². The molecule has 2 aromatic carbocycles. The zero-order valence-corrected chi connectivity index (χ0v) is 16.6. The van der Waals surface area contributed by atoms with E-state index in [1.165, 1.54) is 13.3 Å². The predicted molar refractivity (Wildman–Crippen MR) is 106 cm³/mol. The second-order valence-electron chi connectivity index (χ2n) is 5.97. The second kappa shape index (κ2) is 9.38. The first-order chi connectivity index (χ1) is 14.8. The number of methoxy groups -OCH3 is 1. The molecule has 1 aromatic heterocycles. The number of alkyl halides is 2. The number of rotatable bonds is 8. The lowest BCUT2D eigenvalue weighted by atomic mass is 10.1. The van der Waals surface area contributed by atoms with Crippen molar-refractivity contribution in [2.24, 2.45) is 5.10 Å². The number of nitrogens with one attached hydrogen (secondary N) is 1. The summed E-state index contributed by atoms with van der Waals surface area (Å²) in [6, 6.07) is 7.60. The summed E-state index contributed by atoms with van der Waals surface area (Å²) in [4.78, 5) is 10.4. The number of nitro groups is 1. The van der Waals surface area contributed by atoms with Crippen LogP contribution in [0.3, 0.4) is 0 Å². The lowest BCUT2D eigenvalue weighted by Gasteiger charge is -2.11. The summed E-state index contributed by atoms with van der Waals surface area (Å²) in [7, 11) is 1.41. The van der Waals surface area contributed by atoms with Crippen molar-refractivity contribution in [2.75, 3.05) is 7.11 Å². The molecule has 31 heavy (non-hydrogen) atoms. The molecule has 9 nitrogen and oxygen atoms in total. The predicted octanol–water partition coefficient (Wildman–Crippen LogP) is 4.40. The molecule has 0 radical (unpaired) electrons. The van der Waals surface area contributed by atoms with E-state index in [0.29, 0.717) is 16.9 Å². The molecule has 1 N–H and O–H groups in total. The maximum Gasteiger partial charge on any atom is 0.311 e. The van der Waals surface area contributed by atoms with Crippen molar-refractivity contribution >= 4 is 24.1 Å². The fourth-order valence-corrected chi connectivity index (χ4v) is 2.77. The third kappa shape index (κ3) is 5.06. The van der Waals surface area contributed by atoms with Crippen molar-refractivity contribution in [3.05, 3.63) is 74.1 Å². The van der Waals surface area contributed by atoms with Gasteiger partial charge in [0.2, 0.25) is 10.6 Å². The van der Waals surface area contributed by atoms with E-state index >= 15 is 0 Å². The largest absolute Gasteiger partial charge is 0.496 e. The van der Waals surface area contributed by atoms with E-state index in [1.807, 2.05) is 0 Å². The number of nitrogens with zero attached hydrogens (tertiary/aromatic N) is 4. The Morgan fingerprint density at radius 3 is 2.77 bits per heavy atom. The summed E-state index contributed by atoms with van der Waals surface area (Å²) in [5.74, 6) is -1.20. The number of nitro benzene ring substituents is 1. The number of aromatic amines is 1. The van der Waals surface area contributed by atoms with Gasteiger partial charge in [-0.15, -0.1) is 0 Å². The molecule has 0 aliphatic carbocycles. The van der Waals surface area contributed by atoms with Crippen molar-refractivity contribution in [3.63, 3.8) is 0 Å². The topological polar surface area (TPSA) is 108 Å². The van der Waals surface area contributed by atoms with E-state index < -0.39 is 28.7 Å².